The second-order valence-corrected chi connectivity index (χ2v) is 4.16. The van der Waals surface area contributed by atoms with Gasteiger partial charge in [0.25, 0.3) is 5.91 Å². The maximum absolute atomic E-state index is 11.8. The van der Waals surface area contributed by atoms with Crippen molar-refractivity contribution in [3.8, 4) is 5.75 Å². The summed E-state index contributed by atoms with van der Waals surface area (Å²) in [5.74, 6) is -0.317. The van der Waals surface area contributed by atoms with Crippen LogP contribution in [0.25, 0.3) is 0 Å². The molecule has 2 N–H and O–H groups in total. The van der Waals surface area contributed by atoms with Gasteiger partial charge in [0.05, 0.1) is 18.3 Å². The molecule has 0 bridgehead atoms. The van der Waals surface area contributed by atoms with Gasteiger partial charge in [-0.3, -0.25) is 4.79 Å². The second kappa shape index (κ2) is 6.81. The zero-order valence-corrected chi connectivity index (χ0v) is 10.8. The van der Waals surface area contributed by atoms with Crippen LogP contribution in [0.3, 0.4) is 0 Å². The highest BCUT2D eigenvalue weighted by Crippen LogP contribution is 2.17. The Balaban J connectivity index is 2.55. The molecular weight excluding hydrogens is 230 g/mol. The first-order valence-electron chi connectivity index (χ1n) is 5.85. The lowest BCUT2D eigenvalue weighted by molar-refractivity contribution is 0.0768. The number of aryl methyl sites for hydroxylation is 1. The Morgan fingerprint density at radius 2 is 2.33 bits per heavy atom. The van der Waals surface area contributed by atoms with E-state index in [-0.39, 0.29) is 23.3 Å². The maximum atomic E-state index is 11.8. The molecular formula is C14H19NO3. The van der Waals surface area contributed by atoms with Gasteiger partial charge in [-0.15, -0.1) is 6.58 Å². The first-order chi connectivity index (χ1) is 8.54. The van der Waals surface area contributed by atoms with E-state index in [9.17, 15) is 9.90 Å². The van der Waals surface area contributed by atoms with Gasteiger partial charge in [-0.1, -0.05) is 17.7 Å². The Morgan fingerprint density at radius 1 is 1.61 bits per heavy atom. The number of ether oxygens (including phenoxy) is 1. The molecule has 18 heavy (non-hydrogen) atoms. The van der Waals surface area contributed by atoms with Gasteiger partial charge in [-0.25, -0.2) is 0 Å². The van der Waals surface area contributed by atoms with Crippen molar-refractivity contribution in [2.45, 2.75) is 20.0 Å². The summed E-state index contributed by atoms with van der Waals surface area (Å²) in [6, 6.07) is 4.92. The van der Waals surface area contributed by atoms with Crippen molar-refractivity contribution in [3.05, 3.63) is 42.0 Å². The summed E-state index contributed by atoms with van der Waals surface area (Å²) in [7, 11) is 0. The predicted octanol–water partition coefficient (Wildman–Crippen LogP) is 2.02. The number of phenols is 1. The molecule has 0 radical (unpaired) electrons. The number of amides is 1. The molecule has 4 heteroatoms. The van der Waals surface area contributed by atoms with Gasteiger partial charge in [-0.2, -0.15) is 0 Å². The van der Waals surface area contributed by atoms with E-state index in [0.717, 1.165) is 5.56 Å². The lowest BCUT2D eigenvalue weighted by Gasteiger charge is -2.13. The normalized spacial score (nSPS) is 11.9. The maximum Gasteiger partial charge on any atom is 0.255 e. The van der Waals surface area contributed by atoms with Gasteiger partial charge in [0.1, 0.15) is 5.75 Å². The van der Waals surface area contributed by atoms with Crippen LogP contribution in [0.2, 0.25) is 0 Å². The predicted molar refractivity (Wildman–Crippen MR) is 70.8 cm³/mol. The Morgan fingerprint density at radius 3 is 3.00 bits per heavy atom. The van der Waals surface area contributed by atoms with Crippen molar-refractivity contribution in [2.24, 2.45) is 0 Å². The molecule has 0 saturated heterocycles. The molecule has 0 saturated carbocycles. The Labute approximate surface area is 107 Å². The third kappa shape index (κ3) is 4.22. The molecule has 0 fully saturated rings. The smallest absolute Gasteiger partial charge is 0.255 e. The minimum Gasteiger partial charge on any atom is -0.507 e. The molecule has 0 heterocycles. The fourth-order valence-corrected chi connectivity index (χ4v) is 1.45. The van der Waals surface area contributed by atoms with Crippen LogP contribution in [0.15, 0.2) is 30.9 Å². The zero-order valence-electron chi connectivity index (χ0n) is 10.8. The summed E-state index contributed by atoms with van der Waals surface area (Å²) in [6.07, 6.45) is 1.56. The SMILES string of the molecule is C=CCOC(C)CNC(=O)c1cc(C)ccc1O. The number of nitrogens with one attached hydrogen (secondary N) is 1. The lowest BCUT2D eigenvalue weighted by Crippen LogP contribution is -2.32. The topological polar surface area (TPSA) is 58.6 Å². The number of hydrogen-bond donors (Lipinski definition) is 2. The number of aromatic hydroxyl groups is 1. The van der Waals surface area contributed by atoms with Crippen molar-refractivity contribution >= 4 is 5.91 Å². The molecule has 1 amide bonds. The molecule has 4 nitrogen and oxygen atoms in total. The Kier molecular flexibility index (Phi) is 5.39. The number of carbonyl (C=O) groups is 1. The highest BCUT2D eigenvalue weighted by atomic mass is 16.5. The zero-order chi connectivity index (χ0) is 13.5. The van der Waals surface area contributed by atoms with Crippen LogP contribution in [0.1, 0.15) is 22.8 Å². The highest BCUT2D eigenvalue weighted by Gasteiger charge is 2.12. The Bertz CT molecular complexity index is 429. The first-order valence-corrected chi connectivity index (χ1v) is 5.85. The average molecular weight is 249 g/mol. The highest BCUT2D eigenvalue weighted by molar-refractivity contribution is 5.96. The van der Waals surface area contributed by atoms with Gasteiger partial charge in [-0.05, 0) is 26.0 Å². The van der Waals surface area contributed by atoms with Crippen LogP contribution in [-0.2, 0) is 4.74 Å². The van der Waals surface area contributed by atoms with E-state index in [4.69, 9.17) is 4.74 Å². The van der Waals surface area contributed by atoms with Crippen molar-refractivity contribution < 1.29 is 14.6 Å². The molecule has 1 aromatic carbocycles. The van der Waals surface area contributed by atoms with Gasteiger partial charge >= 0.3 is 0 Å². The molecule has 98 valence electrons. The standard InChI is InChI=1S/C14H19NO3/c1-4-7-18-11(3)9-15-14(17)12-8-10(2)5-6-13(12)16/h4-6,8,11,16H,1,7,9H2,2-3H3,(H,15,17). The quantitative estimate of drug-likeness (QED) is 0.758. The van der Waals surface area contributed by atoms with E-state index < -0.39 is 0 Å². The van der Waals surface area contributed by atoms with Gasteiger partial charge in [0.15, 0.2) is 0 Å². The molecule has 1 unspecified atom stereocenters. The van der Waals surface area contributed by atoms with E-state index in [1.807, 2.05) is 13.8 Å². The third-order valence-electron chi connectivity index (χ3n) is 2.45. The molecule has 1 rings (SSSR count). The van der Waals surface area contributed by atoms with Crippen LogP contribution in [0.4, 0.5) is 0 Å². The molecule has 0 aliphatic heterocycles. The van der Waals surface area contributed by atoms with Crippen LogP contribution < -0.4 is 5.32 Å². The van der Waals surface area contributed by atoms with E-state index in [1.54, 1.807) is 18.2 Å². The fraction of sp³-hybridized carbons (Fsp3) is 0.357. The third-order valence-corrected chi connectivity index (χ3v) is 2.45. The van der Waals surface area contributed by atoms with E-state index in [0.29, 0.717) is 13.2 Å². The molecule has 0 aliphatic rings. The first kappa shape index (κ1) is 14.3. The van der Waals surface area contributed by atoms with E-state index >= 15 is 0 Å². The summed E-state index contributed by atoms with van der Waals surface area (Å²) in [4.78, 5) is 11.8. The van der Waals surface area contributed by atoms with Crippen molar-refractivity contribution in [2.75, 3.05) is 13.2 Å². The van der Waals surface area contributed by atoms with Crippen LogP contribution in [0.5, 0.6) is 5.75 Å². The molecule has 1 atom stereocenters. The summed E-state index contributed by atoms with van der Waals surface area (Å²) in [5.41, 5.74) is 1.21. The van der Waals surface area contributed by atoms with Crippen molar-refractivity contribution in [1.29, 1.82) is 0 Å². The molecule has 0 spiro atoms. The minimum absolute atomic E-state index is 0.0160. The Hall–Kier alpha value is -1.81. The largest absolute Gasteiger partial charge is 0.507 e. The summed E-state index contributed by atoms with van der Waals surface area (Å²) in [5, 5.41) is 12.3. The second-order valence-electron chi connectivity index (χ2n) is 4.16. The summed E-state index contributed by atoms with van der Waals surface area (Å²) < 4.78 is 5.34. The summed E-state index contributed by atoms with van der Waals surface area (Å²) in [6.45, 7) is 8.12. The van der Waals surface area contributed by atoms with Crippen molar-refractivity contribution in [3.63, 3.8) is 0 Å². The lowest BCUT2D eigenvalue weighted by atomic mass is 10.1. The van der Waals surface area contributed by atoms with Gasteiger partial charge < -0.3 is 15.2 Å². The monoisotopic (exact) mass is 249 g/mol. The van der Waals surface area contributed by atoms with Crippen LogP contribution in [-0.4, -0.2) is 30.3 Å². The molecule has 0 aromatic heterocycles. The van der Waals surface area contributed by atoms with Crippen molar-refractivity contribution in [1.82, 2.24) is 5.32 Å². The van der Waals surface area contributed by atoms with Crippen LogP contribution >= 0.6 is 0 Å². The average Bonchev–Trinajstić information content (AvgIpc) is 2.36. The number of carbonyl (C=O) groups excluding carboxylic acids is 1. The number of benzene rings is 1. The fourth-order valence-electron chi connectivity index (χ4n) is 1.45. The van der Waals surface area contributed by atoms with E-state index in [2.05, 4.69) is 11.9 Å². The molecule has 1 aromatic rings. The van der Waals surface area contributed by atoms with Gasteiger partial charge in [0, 0.05) is 6.54 Å². The van der Waals surface area contributed by atoms with Gasteiger partial charge in [0.2, 0.25) is 0 Å². The number of phenolic OH excluding ortho intramolecular Hbond substituents is 1. The van der Waals surface area contributed by atoms with Crippen LogP contribution in [0, 0.1) is 6.92 Å². The number of rotatable bonds is 6. The number of hydrogen-bond acceptors (Lipinski definition) is 3. The summed E-state index contributed by atoms with van der Waals surface area (Å²) >= 11 is 0. The van der Waals surface area contributed by atoms with E-state index in [1.165, 1.54) is 6.07 Å². The minimum atomic E-state index is -0.301. The molecule has 0 aliphatic carbocycles.